The normalized spacial score (nSPS) is 18.0. The van der Waals surface area contributed by atoms with Crippen molar-refractivity contribution in [2.45, 2.75) is 111 Å². The monoisotopic (exact) mass is 1660 g/mol. The van der Waals surface area contributed by atoms with Crippen LogP contribution in [0.3, 0.4) is 0 Å². The van der Waals surface area contributed by atoms with Crippen molar-refractivity contribution in [1.82, 2.24) is 5.32 Å². The maximum absolute atomic E-state index is 15.0. The van der Waals surface area contributed by atoms with Crippen molar-refractivity contribution in [3.8, 4) is 17.6 Å². The molecule has 0 radical (unpaired) electrons. The summed E-state index contributed by atoms with van der Waals surface area (Å²) in [5.41, 5.74) is 4.50. The number of nitrogens with zero attached hydrogens (tertiary/aromatic N) is 5. The molecule has 5 atom stereocenters. The smallest absolute Gasteiger partial charge is 0.456 e. The third-order valence-electron chi connectivity index (χ3n) is 18.6. The van der Waals surface area contributed by atoms with E-state index in [1.807, 2.05) is 51.1 Å². The van der Waals surface area contributed by atoms with E-state index in [1.54, 1.807) is 11.8 Å². The number of fused-ring (bicyclic) bond motifs is 8. The molecule has 36 heteroatoms. The minimum atomic E-state index is -4.36. The molecule has 0 fully saturated rings. The number of aliphatic hydroxyl groups excluding tert-OH is 1. The lowest BCUT2D eigenvalue weighted by atomic mass is 9.72. The van der Waals surface area contributed by atoms with Gasteiger partial charge in [0, 0.05) is 71.5 Å². The Morgan fingerprint density at radius 2 is 1.18 bits per heavy atom. The average Bonchev–Trinajstić information content (AvgIpc) is 1.49. The van der Waals surface area contributed by atoms with Crippen molar-refractivity contribution in [3.63, 3.8) is 0 Å². The molecule has 1 spiro atoms. The summed E-state index contributed by atoms with van der Waals surface area (Å²) < 4.78 is 143. The van der Waals surface area contributed by atoms with Gasteiger partial charge in [-0.25, -0.2) is 27.1 Å². The summed E-state index contributed by atoms with van der Waals surface area (Å²) in [6, 6.07) is 9.16. The Labute approximate surface area is 665 Å². The molecule has 0 saturated carbocycles. The van der Waals surface area contributed by atoms with Gasteiger partial charge < -0.3 is 86.3 Å². The zero-order valence-electron chi connectivity index (χ0n) is 65.1. The molecule has 112 heavy (non-hydrogen) atoms. The van der Waals surface area contributed by atoms with Gasteiger partial charge in [0.15, 0.2) is 5.60 Å². The number of hydrogen-bond acceptors (Lipinski definition) is 27. The first-order valence-corrected chi connectivity index (χ1v) is 43.0. The first kappa shape index (κ1) is 91.7. The van der Waals surface area contributed by atoms with Crippen molar-refractivity contribution >= 4 is 86.7 Å². The highest BCUT2D eigenvalue weighted by Crippen LogP contribution is 2.64. The van der Waals surface area contributed by atoms with Crippen LogP contribution in [0.5, 0.6) is 11.5 Å². The predicted molar refractivity (Wildman–Crippen MR) is 416 cm³/mol. The number of carbonyl (C=O) groups excluding carboxylic acids is 3. The molecule has 2 N–H and O–H groups in total. The zero-order chi connectivity index (χ0) is 81.0. The van der Waals surface area contributed by atoms with Crippen molar-refractivity contribution < 1.29 is 117 Å². The average molecular weight is 1670 g/mol. The largest absolute Gasteiger partial charge is 0.475 e. The fraction of sp³-hybridized carbons (Fsp3) is 0.632. The molecular formula is C76H105Cl2N6O25P3. The van der Waals surface area contributed by atoms with Crippen LogP contribution >= 0.6 is 46.4 Å². The van der Waals surface area contributed by atoms with Gasteiger partial charge in [0.2, 0.25) is 19.0 Å². The lowest BCUT2D eigenvalue weighted by Crippen LogP contribution is -2.48. The third-order valence-corrected chi connectivity index (χ3v) is 24.1. The number of hydrogen-bond donors (Lipinski definition) is 2. The van der Waals surface area contributed by atoms with E-state index in [-0.39, 0.29) is 203 Å². The number of anilines is 2. The fourth-order valence-electron chi connectivity index (χ4n) is 13.7. The van der Waals surface area contributed by atoms with Crippen LogP contribution in [0.15, 0.2) is 36.4 Å². The number of allylic oxidation sites excluding steroid dienone is 2. The number of unbranched alkanes of at least 4 members (excludes halogenated alkanes) is 1. The molecular weight excluding hydrogens is 1560 g/mol. The van der Waals surface area contributed by atoms with Crippen molar-refractivity contribution in [3.05, 3.63) is 114 Å². The van der Waals surface area contributed by atoms with Gasteiger partial charge in [-0.1, -0.05) is 48.7 Å². The number of aliphatic hydroxyl groups is 1. The van der Waals surface area contributed by atoms with E-state index < -0.39 is 52.2 Å². The Morgan fingerprint density at radius 3 is 1.71 bits per heavy atom. The Kier molecular flexibility index (Phi) is 36.5. The van der Waals surface area contributed by atoms with E-state index in [0.29, 0.717) is 87.0 Å². The van der Waals surface area contributed by atoms with Gasteiger partial charge in [-0.2, -0.15) is 5.26 Å². The van der Waals surface area contributed by atoms with Crippen LogP contribution in [0, 0.1) is 30.4 Å². The van der Waals surface area contributed by atoms with Crippen molar-refractivity contribution in [2.24, 2.45) is 5.92 Å². The van der Waals surface area contributed by atoms with E-state index in [4.69, 9.17) is 130 Å². The molecule has 618 valence electrons. The maximum Gasteiger partial charge on any atom is 0.475 e. The molecule has 0 saturated heterocycles. The van der Waals surface area contributed by atoms with Crippen LogP contribution in [-0.4, -0.2) is 231 Å². The number of amides is 2. The van der Waals surface area contributed by atoms with Gasteiger partial charge in [-0.15, -0.1) is 0 Å². The van der Waals surface area contributed by atoms with Gasteiger partial charge in [0.25, 0.3) is 5.91 Å². The molecule has 5 aliphatic rings. The van der Waals surface area contributed by atoms with Gasteiger partial charge >= 0.3 is 29.2 Å². The molecule has 5 unspecified atom stereocenters. The topological polar surface area (TPSA) is 340 Å². The molecule has 31 nitrogen and oxygen atoms in total. The van der Waals surface area contributed by atoms with E-state index in [1.165, 1.54) is 13.0 Å². The predicted octanol–water partition coefficient (Wildman–Crippen LogP) is 13.0. The maximum atomic E-state index is 15.0. The number of nitrogens with one attached hydrogen (secondary N) is 1. The summed E-state index contributed by atoms with van der Waals surface area (Å²) in [6.45, 7) is 32.4. The number of benzene rings is 3. The quantitative estimate of drug-likeness (QED) is 0.0229. The summed E-state index contributed by atoms with van der Waals surface area (Å²) in [7, 11) is -12.1. The number of carbonyl (C=O) groups is 3. The number of phosphoric ester groups is 2. The molecule has 0 aliphatic carbocycles. The number of halogens is 2. The standard InChI is InChI=1S/C76H105Cl2N6O25P3/c1-11-110(89,100-24-15-18-79)106-52-57(53-107-112(91,102-26-21-81-10)105-45-42-99-39-36-96-33-32-95-35-38-98-41-44-104-111(90,101-25-20-80-9)103-43-40-97-37-34-94-31-30-93-29-28-92-27-23-85)16-12-13-19-82-72(87)61-48-64(77)68-67(69(61)78)73(88)109-76(68)62-46-59-54(2)51-75(7,8)84(56(4)86)65(59)49-66(62)108-71-58-17-14-22-83-70(58)60(47-63(71)76)55(3)50-74(83,5)6/h46-51,57,85H,11-17,19-45,52-53H2,1-8H3,(H,82,87). The molecule has 3 aromatic carbocycles. The lowest BCUT2D eigenvalue weighted by Gasteiger charge is -2.48. The van der Waals surface area contributed by atoms with Crippen molar-refractivity contribution in [1.29, 1.82) is 5.26 Å². The van der Waals surface area contributed by atoms with Crippen LogP contribution in [0.2, 0.25) is 10.0 Å². The molecule has 5 aliphatic heterocycles. The van der Waals surface area contributed by atoms with Gasteiger partial charge in [-0.3, -0.25) is 41.3 Å². The first-order chi connectivity index (χ1) is 53.8. The molecule has 2 amide bonds. The fourth-order valence-corrected chi connectivity index (χ4v) is 17.9. The minimum Gasteiger partial charge on any atom is -0.456 e. The summed E-state index contributed by atoms with van der Waals surface area (Å²) >= 11 is 14.8. The molecule has 3 aromatic rings. The van der Waals surface area contributed by atoms with E-state index >= 15 is 0 Å². The van der Waals surface area contributed by atoms with Crippen molar-refractivity contribution in [2.75, 3.05) is 207 Å². The molecule has 0 bridgehead atoms. The second-order valence-electron chi connectivity index (χ2n) is 27.5. The number of ether oxygens (including phenoxy) is 10. The van der Waals surface area contributed by atoms with Crippen LogP contribution in [0.4, 0.5) is 11.4 Å². The Hall–Kier alpha value is -5.79. The number of phosphoric acid groups is 2. The summed E-state index contributed by atoms with van der Waals surface area (Å²) in [5.74, 6) is -1.37. The van der Waals surface area contributed by atoms with Gasteiger partial charge in [-0.05, 0) is 96.6 Å². The van der Waals surface area contributed by atoms with Crippen LogP contribution < -0.4 is 19.9 Å². The Bertz CT molecular complexity index is 4050. The molecule has 8 rings (SSSR count). The molecule has 0 aromatic heterocycles. The van der Waals surface area contributed by atoms with Crippen LogP contribution in [0.1, 0.15) is 142 Å². The number of rotatable bonds is 54. The highest BCUT2D eigenvalue weighted by atomic mass is 35.5. The first-order valence-electron chi connectivity index (χ1n) is 37.6. The Morgan fingerprint density at radius 1 is 0.670 bits per heavy atom. The summed E-state index contributed by atoms with van der Waals surface area (Å²) in [5, 5.41) is 20.6. The minimum absolute atomic E-state index is 0.0115. The van der Waals surface area contributed by atoms with Gasteiger partial charge in [0.05, 0.1) is 208 Å². The third kappa shape index (κ3) is 24.7. The second kappa shape index (κ2) is 44.5. The second-order valence-corrected chi connectivity index (χ2v) is 34.0. The highest BCUT2D eigenvalue weighted by molar-refractivity contribution is 7.53. The zero-order valence-corrected chi connectivity index (χ0v) is 69.3. The van der Waals surface area contributed by atoms with E-state index in [0.717, 1.165) is 46.5 Å². The van der Waals surface area contributed by atoms with Crippen LogP contribution in [0.25, 0.3) is 20.8 Å². The highest BCUT2D eigenvalue weighted by Gasteiger charge is 2.58. The summed E-state index contributed by atoms with van der Waals surface area (Å²) in [4.78, 5) is 53.6. The van der Waals surface area contributed by atoms with Crippen LogP contribution in [-0.2, 0) is 109 Å². The lowest BCUT2D eigenvalue weighted by molar-refractivity contribution is -0.117. The molecule has 5 heterocycles. The Balaban J connectivity index is 0.815. The summed E-state index contributed by atoms with van der Waals surface area (Å²) in [6.07, 6.45) is 6.76. The number of esters is 1. The van der Waals surface area contributed by atoms with E-state index in [2.05, 4.69) is 46.8 Å². The SMILES string of the molecule is [C-]#[N+]CCOP(=O)(OCCOCCOCCOCCOCCO)OCCOCCOCCOCCOCCOP(=O)(OCC[N+]#[C-])OCC(CCCCNC(=O)c1cc(Cl)c2c(c1Cl)C(=O)OC21c2cc3c(cc2Oc2c1cc1c4c2CCCN4C(C)(C)C=C1C)N(C(C)=O)C(C)(C)C=C3C)COP(=O)(CC)OCCC#N. The van der Waals surface area contributed by atoms with E-state index in [9.17, 15) is 28.1 Å². The van der Waals surface area contributed by atoms with Gasteiger partial charge in [0.1, 0.15) is 24.7 Å². The number of nitriles is 1.